The molecule has 1 aromatic carbocycles. The molecule has 1 aromatic heterocycles. The average molecular weight is 469 g/mol. The predicted octanol–water partition coefficient (Wildman–Crippen LogP) is 4.06. The highest BCUT2D eigenvalue weighted by Crippen LogP contribution is 2.38. The first kappa shape index (κ1) is 25.8. The van der Waals surface area contributed by atoms with E-state index in [1.54, 1.807) is 45.2 Å². The molecule has 34 heavy (non-hydrogen) atoms. The number of aliphatic hydroxyl groups is 1. The minimum atomic E-state index is -1.18. The van der Waals surface area contributed by atoms with Crippen LogP contribution in [0.1, 0.15) is 64.8 Å². The van der Waals surface area contributed by atoms with Gasteiger partial charge in [0, 0.05) is 18.8 Å². The van der Waals surface area contributed by atoms with Crippen molar-refractivity contribution >= 4 is 11.9 Å². The summed E-state index contributed by atoms with van der Waals surface area (Å²) in [5.41, 5.74) is 0.677. The molecule has 1 saturated heterocycles. The van der Waals surface area contributed by atoms with E-state index < -0.39 is 35.7 Å². The minimum absolute atomic E-state index is 0.245. The molecule has 0 radical (unpaired) electrons. The zero-order valence-corrected chi connectivity index (χ0v) is 20.7. The number of likely N-dealkylation sites (tertiary alicyclic amines) is 1. The first-order valence-electron chi connectivity index (χ1n) is 11.9. The summed E-state index contributed by atoms with van der Waals surface area (Å²) in [7, 11) is 0. The molecule has 1 fully saturated rings. The van der Waals surface area contributed by atoms with E-state index in [0.29, 0.717) is 25.1 Å². The lowest BCUT2D eigenvalue weighted by Crippen LogP contribution is -2.49. The van der Waals surface area contributed by atoms with Gasteiger partial charge >= 0.3 is 11.9 Å². The van der Waals surface area contributed by atoms with Gasteiger partial charge in [-0.2, -0.15) is 0 Å². The molecule has 4 atom stereocenters. The number of carbonyl (C=O) groups is 2. The lowest BCUT2D eigenvalue weighted by atomic mass is 9.89. The van der Waals surface area contributed by atoms with Gasteiger partial charge in [0.05, 0.1) is 11.8 Å². The molecule has 0 aliphatic carbocycles. The number of ether oxygens (including phenoxy) is 2. The van der Waals surface area contributed by atoms with Crippen LogP contribution >= 0.6 is 0 Å². The molecule has 3 rings (SSSR count). The monoisotopic (exact) mass is 468 g/mol. The van der Waals surface area contributed by atoms with Gasteiger partial charge in [0.1, 0.15) is 23.7 Å². The molecule has 184 valence electrons. The van der Waals surface area contributed by atoms with Gasteiger partial charge in [-0.05, 0) is 65.2 Å². The Morgan fingerprint density at radius 1 is 1.09 bits per heavy atom. The largest absolute Gasteiger partial charge is 0.462 e. The summed E-state index contributed by atoms with van der Waals surface area (Å²) in [6.07, 6.45) is 1.23. The smallest absolute Gasteiger partial charge is 0.323 e. The third kappa shape index (κ3) is 6.64. The van der Waals surface area contributed by atoms with Crippen LogP contribution in [0, 0.1) is 5.92 Å². The molecule has 2 unspecified atom stereocenters. The van der Waals surface area contributed by atoms with Crippen molar-refractivity contribution in [2.45, 2.75) is 83.9 Å². The fourth-order valence-corrected chi connectivity index (χ4v) is 4.46. The van der Waals surface area contributed by atoms with Gasteiger partial charge in [-0.3, -0.25) is 19.5 Å². The minimum Gasteiger partial charge on any atom is -0.462 e. The summed E-state index contributed by atoms with van der Waals surface area (Å²) in [6, 6.07) is 14.1. The van der Waals surface area contributed by atoms with Crippen molar-refractivity contribution in [2.24, 2.45) is 5.92 Å². The number of hydrogen-bond donors (Lipinski definition) is 1. The molecule has 0 spiro atoms. The van der Waals surface area contributed by atoms with E-state index in [2.05, 4.69) is 4.98 Å². The molecule has 2 aromatic rings. The Bertz CT molecular complexity index is 942. The van der Waals surface area contributed by atoms with Crippen molar-refractivity contribution in [3.63, 3.8) is 0 Å². The zero-order valence-electron chi connectivity index (χ0n) is 20.7. The van der Waals surface area contributed by atoms with Crippen LogP contribution in [0.2, 0.25) is 0 Å². The van der Waals surface area contributed by atoms with E-state index in [1.807, 2.05) is 49.1 Å². The fourth-order valence-electron chi connectivity index (χ4n) is 4.46. The topological polar surface area (TPSA) is 89.0 Å². The van der Waals surface area contributed by atoms with Crippen LogP contribution < -0.4 is 0 Å². The van der Waals surface area contributed by atoms with Gasteiger partial charge in [0.25, 0.3) is 0 Å². The molecule has 0 amide bonds. The highest BCUT2D eigenvalue weighted by Gasteiger charge is 2.48. The van der Waals surface area contributed by atoms with Crippen LogP contribution in [0.4, 0.5) is 0 Å². The summed E-state index contributed by atoms with van der Waals surface area (Å²) in [6.45, 7) is 9.48. The van der Waals surface area contributed by atoms with Crippen molar-refractivity contribution in [2.75, 3.05) is 0 Å². The van der Waals surface area contributed by atoms with E-state index in [1.165, 1.54) is 0 Å². The second-order valence-corrected chi connectivity index (χ2v) is 10.1. The maximum absolute atomic E-state index is 13.5. The number of esters is 2. The number of nitrogens with zero attached hydrogens (tertiary/aromatic N) is 2. The van der Waals surface area contributed by atoms with Crippen molar-refractivity contribution in [1.82, 2.24) is 9.88 Å². The van der Waals surface area contributed by atoms with Gasteiger partial charge in [-0.15, -0.1) is 0 Å². The van der Waals surface area contributed by atoms with E-state index in [0.717, 1.165) is 5.56 Å². The number of aromatic nitrogens is 1. The van der Waals surface area contributed by atoms with E-state index in [-0.39, 0.29) is 12.1 Å². The van der Waals surface area contributed by atoms with Crippen molar-refractivity contribution in [3.05, 3.63) is 66.0 Å². The second-order valence-electron chi connectivity index (χ2n) is 10.1. The normalized spacial score (nSPS) is 20.7. The third-order valence-electron chi connectivity index (χ3n) is 5.82. The Balaban J connectivity index is 1.99. The van der Waals surface area contributed by atoms with Gasteiger partial charge in [0.2, 0.25) is 0 Å². The SMILES string of the molecule is CC(C)OC(=O)[C@@H]1CC[C@H](C(C(=O)OC(C)(C)C)C(O)c2ccccn2)N1Cc1ccccc1. The maximum Gasteiger partial charge on any atom is 0.323 e. The fraction of sp³-hybridized carbons (Fsp3) is 0.519. The molecule has 1 aliphatic heterocycles. The van der Waals surface area contributed by atoms with E-state index in [9.17, 15) is 14.7 Å². The molecule has 0 bridgehead atoms. The molecule has 7 nitrogen and oxygen atoms in total. The van der Waals surface area contributed by atoms with Crippen LogP contribution in [0.25, 0.3) is 0 Å². The number of benzene rings is 1. The van der Waals surface area contributed by atoms with Crippen LogP contribution in [0.5, 0.6) is 0 Å². The second kappa shape index (κ2) is 11.1. The van der Waals surface area contributed by atoms with Crippen LogP contribution in [-0.2, 0) is 25.6 Å². The standard InChI is InChI=1S/C27H36N2O5/c1-18(2)33-25(31)22-15-14-21(29(22)17-19-11-7-6-8-12-19)23(26(32)34-27(3,4)5)24(30)20-13-9-10-16-28-20/h6-13,16,18,21-24,30H,14-15,17H2,1-5H3/t21-,22+,23?,24?/m1/s1. The summed E-state index contributed by atoms with van der Waals surface area (Å²) >= 11 is 0. The summed E-state index contributed by atoms with van der Waals surface area (Å²) in [4.78, 5) is 32.7. The first-order valence-corrected chi connectivity index (χ1v) is 11.9. The zero-order chi connectivity index (χ0) is 24.9. The molecule has 1 aliphatic rings. The third-order valence-corrected chi connectivity index (χ3v) is 5.82. The quantitative estimate of drug-likeness (QED) is 0.585. The molecule has 2 heterocycles. The lowest BCUT2D eigenvalue weighted by Gasteiger charge is -2.36. The van der Waals surface area contributed by atoms with Gasteiger partial charge in [0.15, 0.2) is 0 Å². The van der Waals surface area contributed by atoms with Crippen LogP contribution in [0.15, 0.2) is 54.7 Å². The van der Waals surface area contributed by atoms with Crippen molar-refractivity contribution in [1.29, 1.82) is 0 Å². The Morgan fingerprint density at radius 2 is 1.76 bits per heavy atom. The van der Waals surface area contributed by atoms with Gasteiger partial charge < -0.3 is 14.6 Å². The van der Waals surface area contributed by atoms with Crippen molar-refractivity contribution < 1.29 is 24.2 Å². The van der Waals surface area contributed by atoms with Gasteiger partial charge in [-0.25, -0.2) is 0 Å². The summed E-state index contributed by atoms with van der Waals surface area (Å²) in [5.74, 6) is -1.75. The Hall–Kier alpha value is -2.77. The molecule has 0 saturated carbocycles. The summed E-state index contributed by atoms with van der Waals surface area (Å²) in [5, 5.41) is 11.4. The summed E-state index contributed by atoms with van der Waals surface area (Å²) < 4.78 is 11.3. The number of aliphatic hydroxyl groups excluding tert-OH is 1. The number of rotatable bonds is 8. The Kier molecular flexibility index (Phi) is 8.44. The molecular weight excluding hydrogens is 432 g/mol. The lowest BCUT2D eigenvalue weighted by molar-refractivity contribution is -0.170. The number of hydrogen-bond acceptors (Lipinski definition) is 7. The van der Waals surface area contributed by atoms with Crippen LogP contribution in [-0.4, -0.2) is 50.7 Å². The van der Waals surface area contributed by atoms with Crippen molar-refractivity contribution in [3.8, 4) is 0 Å². The van der Waals surface area contributed by atoms with E-state index in [4.69, 9.17) is 9.47 Å². The molecular formula is C27H36N2O5. The Labute approximate surface area is 202 Å². The Morgan fingerprint density at radius 3 is 2.35 bits per heavy atom. The number of carbonyl (C=O) groups excluding carboxylic acids is 2. The number of pyridine rings is 1. The van der Waals surface area contributed by atoms with Crippen LogP contribution in [0.3, 0.4) is 0 Å². The molecule has 7 heteroatoms. The first-order chi connectivity index (χ1) is 16.1. The predicted molar refractivity (Wildman–Crippen MR) is 129 cm³/mol. The average Bonchev–Trinajstić information content (AvgIpc) is 3.16. The van der Waals surface area contributed by atoms with Gasteiger partial charge in [-0.1, -0.05) is 36.4 Å². The maximum atomic E-state index is 13.5. The van der Waals surface area contributed by atoms with E-state index >= 15 is 0 Å². The highest BCUT2D eigenvalue weighted by molar-refractivity contribution is 5.78. The molecule has 1 N–H and O–H groups in total. The highest BCUT2D eigenvalue weighted by atomic mass is 16.6.